The molecule has 13 heavy (non-hydrogen) atoms. The molecule has 1 aliphatic carbocycles. The molecule has 0 bridgehead atoms. The van der Waals surface area contributed by atoms with Crippen LogP contribution in [0.5, 0.6) is 5.75 Å². The molecule has 0 unspecified atom stereocenters. The zero-order chi connectivity index (χ0) is 8.89. The van der Waals surface area contributed by atoms with Gasteiger partial charge in [-0.2, -0.15) is 0 Å². The third-order valence-corrected chi connectivity index (χ3v) is 3.36. The molecule has 3 rings (SSSR count). The lowest BCUT2D eigenvalue weighted by Crippen LogP contribution is -2.26. The maximum atomic E-state index is 5.99. The molecule has 68 valence electrons. The van der Waals surface area contributed by atoms with Crippen molar-refractivity contribution >= 4 is 0 Å². The van der Waals surface area contributed by atoms with Crippen LogP contribution in [0, 0.1) is 0 Å². The lowest BCUT2D eigenvalue weighted by molar-refractivity contribution is 0.258. The summed E-state index contributed by atoms with van der Waals surface area (Å²) in [4.78, 5) is 0. The van der Waals surface area contributed by atoms with Crippen LogP contribution in [0.3, 0.4) is 0 Å². The zero-order valence-corrected chi connectivity index (χ0v) is 7.49. The minimum atomic E-state index is 0.273. The molecular weight excluding hydrogens is 162 g/mol. The third kappa shape index (κ3) is 0.866. The van der Waals surface area contributed by atoms with Crippen LogP contribution in [0.1, 0.15) is 18.4 Å². The van der Waals surface area contributed by atoms with Crippen molar-refractivity contribution in [3.8, 4) is 5.75 Å². The van der Waals surface area contributed by atoms with Crippen molar-refractivity contribution in [2.24, 2.45) is 5.73 Å². The second-order valence-corrected chi connectivity index (χ2v) is 4.06. The van der Waals surface area contributed by atoms with Crippen molar-refractivity contribution in [2.75, 3.05) is 6.61 Å². The average molecular weight is 175 g/mol. The minimum Gasteiger partial charge on any atom is -0.493 e. The Kier molecular flexibility index (Phi) is 1.29. The van der Waals surface area contributed by atoms with Gasteiger partial charge in [0.1, 0.15) is 5.75 Å². The summed E-state index contributed by atoms with van der Waals surface area (Å²) >= 11 is 0. The first-order valence-corrected chi connectivity index (χ1v) is 4.81. The number of hydrogen-bond acceptors (Lipinski definition) is 2. The Bertz CT molecular complexity index is 350. The van der Waals surface area contributed by atoms with Gasteiger partial charge >= 0.3 is 0 Å². The van der Waals surface area contributed by atoms with Crippen molar-refractivity contribution in [1.29, 1.82) is 0 Å². The Morgan fingerprint density at radius 1 is 1.38 bits per heavy atom. The largest absolute Gasteiger partial charge is 0.493 e. The Hall–Kier alpha value is -1.02. The number of benzene rings is 1. The summed E-state index contributed by atoms with van der Waals surface area (Å²) in [6, 6.07) is 8.65. The van der Waals surface area contributed by atoms with Gasteiger partial charge in [-0.1, -0.05) is 18.2 Å². The highest BCUT2D eigenvalue weighted by molar-refractivity contribution is 5.47. The predicted molar refractivity (Wildman–Crippen MR) is 50.8 cm³/mol. The van der Waals surface area contributed by atoms with E-state index < -0.39 is 0 Å². The van der Waals surface area contributed by atoms with E-state index in [0.717, 1.165) is 25.2 Å². The Balaban J connectivity index is 2.13. The van der Waals surface area contributed by atoms with E-state index in [-0.39, 0.29) is 5.41 Å². The molecule has 2 atom stereocenters. The van der Waals surface area contributed by atoms with Gasteiger partial charge in [-0.05, 0) is 18.9 Å². The predicted octanol–water partition coefficient (Wildman–Crippen LogP) is 1.44. The molecule has 2 heteroatoms. The molecule has 1 aromatic rings. The van der Waals surface area contributed by atoms with Crippen molar-refractivity contribution in [1.82, 2.24) is 0 Å². The van der Waals surface area contributed by atoms with Crippen LogP contribution in [0.25, 0.3) is 0 Å². The summed E-state index contributed by atoms with van der Waals surface area (Å²) in [5, 5.41) is 0. The summed E-state index contributed by atoms with van der Waals surface area (Å²) < 4.78 is 5.59. The molecule has 1 aromatic carbocycles. The van der Waals surface area contributed by atoms with E-state index in [1.54, 1.807) is 0 Å². The summed E-state index contributed by atoms with van der Waals surface area (Å²) in [7, 11) is 0. The smallest absolute Gasteiger partial charge is 0.123 e. The normalized spacial score (nSPS) is 35.3. The Morgan fingerprint density at radius 2 is 2.15 bits per heavy atom. The maximum absolute atomic E-state index is 5.99. The number of para-hydroxylation sites is 1. The summed E-state index contributed by atoms with van der Waals surface area (Å²) in [5.41, 5.74) is 7.59. The van der Waals surface area contributed by atoms with Crippen LogP contribution in [0.2, 0.25) is 0 Å². The molecule has 0 radical (unpaired) electrons. The number of ether oxygens (including phenoxy) is 1. The number of nitrogens with two attached hydrogens (primary N) is 1. The van der Waals surface area contributed by atoms with E-state index >= 15 is 0 Å². The van der Waals surface area contributed by atoms with Crippen LogP contribution in [-0.4, -0.2) is 12.6 Å². The number of hydrogen-bond donors (Lipinski definition) is 1. The van der Waals surface area contributed by atoms with Crippen molar-refractivity contribution < 1.29 is 4.74 Å². The van der Waals surface area contributed by atoms with Crippen molar-refractivity contribution in [3.05, 3.63) is 29.8 Å². The molecule has 2 aliphatic rings. The molecule has 1 spiro atoms. The van der Waals surface area contributed by atoms with E-state index in [0.29, 0.717) is 6.04 Å². The monoisotopic (exact) mass is 175 g/mol. The van der Waals surface area contributed by atoms with E-state index in [9.17, 15) is 0 Å². The average Bonchev–Trinajstić information content (AvgIpc) is 2.79. The molecular formula is C11H13NO. The van der Waals surface area contributed by atoms with E-state index in [1.807, 2.05) is 12.1 Å². The zero-order valence-electron chi connectivity index (χ0n) is 7.49. The van der Waals surface area contributed by atoms with Gasteiger partial charge in [0.15, 0.2) is 0 Å². The SMILES string of the molecule is N[C@@H]1C[C@]12CCOc1ccccc12. The Morgan fingerprint density at radius 3 is 2.92 bits per heavy atom. The fourth-order valence-corrected chi connectivity index (χ4v) is 2.41. The van der Waals surface area contributed by atoms with Crippen LogP contribution >= 0.6 is 0 Å². The van der Waals surface area contributed by atoms with Gasteiger partial charge in [0.05, 0.1) is 6.61 Å². The summed E-state index contributed by atoms with van der Waals surface area (Å²) in [5.74, 6) is 1.04. The maximum Gasteiger partial charge on any atom is 0.123 e. The number of rotatable bonds is 0. The quantitative estimate of drug-likeness (QED) is 0.647. The molecule has 1 fully saturated rings. The molecule has 0 amide bonds. The topological polar surface area (TPSA) is 35.2 Å². The highest BCUT2D eigenvalue weighted by Gasteiger charge is 2.55. The highest BCUT2D eigenvalue weighted by Crippen LogP contribution is 2.54. The molecule has 1 aliphatic heterocycles. The van der Waals surface area contributed by atoms with Crippen LogP contribution in [0.15, 0.2) is 24.3 Å². The van der Waals surface area contributed by atoms with E-state index in [1.165, 1.54) is 5.56 Å². The second-order valence-electron chi connectivity index (χ2n) is 4.06. The van der Waals surface area contributed by atoms with E-state index in [2.05, 4.69) is 12.1 Å². The lowest BCUT2D eigenvalue weighted by Gasteiger charge is -2.26. The summed E-state index contributed by atoms with van der Waals surface area (Å²) in [6.45, 7) is 0.824. The third-order valence-electron chi connectivity index (χ3n) is 3.36. The van der Waals surface area contributed by atoms with Gasteiger partial charge < -0.3 is 10.5 Å². The van der Waals surface area contributed by atoms with Gasteiger partial charge in [-0.15, -0.1) is 0 Å². The van der Waals surface area contributed by atoms with Crippen LogP contribution in [0.4, 0.5) is 0 Å². The molecule has 0 saturated heterocycles. The standard InChI is InChI=1S/C11H13NO/c12-10-7-11(10)5-6-13-9-4-2-1-3-8(9)11/h1-4,10H,5-7,12H2/t10-,11+/m1/s1. The first kappa shape index (κ1) is 7.39. The van der Waals surface area contributed by atoms with Gasteiger partial charge in [-0.25, -0.2) is 0 Å². The van der Waals surface area contributed by atoms with Crippen LogP contribution < -0.4 is 10.5 Å². The van der Waals surface area contributed by atoms with Crippen molar-refractivity contribution in [3.63, 3.8) is 0 Å². The van der Waals surface area contributed by atoms with Gasteiger partial charge in [0.2, 0.25) is 0 Å². The number of fused-ring (bicyclic) bond motifs is 2. The van der Waals surface area contributed by atoms with Gasteiger partial charge in [0.25, 0.3) is 0 Å². The first-order valence-electron chi connectivity index (χ1n) is 4.81. The Labute approximate surface area is 77.7 Å². The molecule has 0 aromatic heterocycles. The minimum absolute atomic E-state index is 0.273. The summed E-state index contributed by atoms with van der Waals surface area (Å²) in [6.07, 6.45) is 2.22. The molecule has 2 N–H and O–H groups in total. The second kappa shape index (κ2) is 2.26. The molecule has 1 heterocycles. The molecule has 1 saturated carbocycles. The lowest BCUT2D eigenvalue weighted by atomic mass is 9.89. The van der Waals surface area contributed by atoms with Crippen molar-refractivity contribution in [2.45, 2.75) is 24.3 Å². The van der Waals surface area contributed by atoms with Gasteiger partial charge in [-0.3, -0.25) is 0 Å². The molecule has 2 nitrogen and oxygen atoms in total. The van der Waals surface area contributed by atoms with E-state index in [4.69, 9.17) is 10.5 Å². The highest BCUT2D eigenvalue weighted by atomic mass is 16.5. The fourth-order valence-electron chi connectivity index (χ4n) is 2.41. The van der Waals surface area contributed by atoms with Gasteiger partial charge in [0, 0.05) is 17.0 Å². The first-order chi connectivity index (χ1) is 6.33. The fraction of sp³-hybridized carbons (Fsp3) is 0.455. The van der Waals surface area contributed by atoms with Crippen LogP contribution in [-0.2, 0) is 5.41 Å².